The van der Waals surface area contributed by atoms with Crippen LogP contribution in [-0.4, -0.2) is 7.11 Å². The van der Waals surface area contributed by atoms with Gasteiger partial charge in [-0.2, -0.15) is 0 Å². The Morgan fingerprint density at radius 3 is 2.75 bits per heavy atom. The highest BCUT2D eigenvalue weighted by Crippen LogP contribution is 2.34. The SMILES string of the molecule is COc1ccc(C)c2c(N=[N+]=[N-])cccc12. The Morgan fingerprint density at radius 2 is 2.06 bits per heavy atom. The Labute approximate surface area is 93.1 Å². The van der Waals surface area contributed by atoms with Crippen molar-refractivity contribution in [2.75, 3.05) is 7.11 Å². The summed E-state index contributed by atoms with van der Waals surface area (Å²) in [5.41, 5.74) is 10.2. The lowest BCUT2D eigenvalue weighted by Crippen LogP contribution is -1.86. The standard InChI is InChI=1S/C12H11N3O/c1-8-6-7-11(16-2)9-4-3-5-10(12(8)9)14-15-13/h3-7H,1-2H3. The van der Waals surface area contributed by atoms with E-state index in [2.05, 4.69) is 10.0 Å². The molecule has 0 spiro atoms. The molecule has 0 aliphatic rings. The molecule has 0 amide bonds. The van der Waals surface area contributed by atoms with E-state index in [-0.39, 0.29) is 0 Å². The third kappa shape index (κ3) is 1.55. The molecule has 0 fully saturated rings. The Balaban J connectivity index is 2.90. The Morgan fingerprint density at radius 1 is 1.25 bits per heavy atom. The van der Waals surface area contributed by atoms with Gasteiger partial charge in [0.2, 0.25) is 0 Å². The predicted octanol–water partition coefficient (Wildman–Crippen LogP) is 4.10. The van der Waals surface area contributed by atoms with E-state index in [0.717, 1.165) is 22.1 Å². The van der Waals surface area contributed by atoms with Crippen molar-refractivity contribution in [3.63, 3.8) is 0 Å². The van der Waals surface area contributed by atoms with Gasteiger partial charge in [-0.3, -0.25) is 0 Å². The van der Waals surface area contributed by atoms with E-state index in [0.29, 0.717) is 5.69 Å². The highest BCUT2D eigenvalue weighted by atomic mass is 16.5. The molecule has 4 nitrogen and oxygen atoms in total. The average molecular weight is 213 g/mol. The summed E-state index contributed by atoms with van der Waals surface area (Å²) in [6, 6.07) is 9.48. The van der Waals surface area contributed by atoms with Crippen LogP contribution >= 0.6 is 0 Å². The summed E-state index contributed by atoms with van der Waals surface area (Å²) in [6.07, 6.45) is 0. The van der Waals surface area contributed by atoms with Crippen LogP contribution in [-0.2, 0) is 0 Å². The first-order valence-electron chi connectivity index (χ1n) is 4.89. The largest absolute Gasteiger partial charge is 0.496 e. The van der Waals surface area contributed by atoms with Gasteiger partial charge < -0.3 is 4.74 Å². The van der Waals surface area contributed by atoms with Gasteiger partial charge in [0.05, 0.1) is 7.11 Å². The van der Waals surface area contributed by atoms with Crippen LogP contribution in [0.15, 0.2) is 35.4 Å². The molecular weight excluding hydrogens is 202 g/mol. The minimum atomic E-state index is 0.636. The maximum atomic E-state index is 8.52. The highest BCUT2D eigenvalue weighted by molar-refractivity contribution is 5.98. The van der Waals surface area contributed by atoms with Gasteiger partial charge >= 0.3 is 0 Å². The summed E-state index contributed by atoms with van der Waals surface area (Å²) in [4.78, 5) is 2.84. The van der Waals surface area contributed by atoms with Crippen LogP contribution in [0, 0.1) is 6.92 Å². The fourth-order valence-corrected chi connectivity index (χ4v) is 1.84. The number of fused-ring (bicyclic) bond motifs is 1. The van der Waals surface area contributed by atoms with E-state index in [1.807, 2.05) is 31.2 Å². The van der Waals surface area contributed by atoms with E-state index >= 15 is 0 Å². The van der Waals surface area contributed by atoms with Crippen LogP contribution in [0.3, 0.4) is 0 Å². The second kappa shape index (κ2) is 4.13. The van der Waals surface area contributed by atoms with Crippen molar-refractivity contribution >= 4 is 16.5 Å². The fraction of sp³-hybridized carbons (Fsp3) is 0.167. The number of aryl methyl sites for hydroxylation is 1. The first-order chi connectivity index (χ1) is 7.77. The van der Waals surface area contributed by atoms with Crippen molar-refractivity contribution in [3.05, 3.63) is 46.3 Å². The zero-order valence-corrected chi connectivity index (χ0v) is 9.14. The van der Waals surface area contributed by atoms with Crippen molar-refractivity contribution in [3.8, 4) is 5.75 Å². The number of azide groups is 1. The van der Waals surface area contributed by atoms with E-state index in [4.69, 9.17) is 10.3 Å². The van der Waals surface area contributed by atoms with Crippen LogP contribution in [0.25, 0.3) is 21.2 Å². The molecule has 80 valence electrons. The molecule has 0 radical (unpaired) electrons. The lowest BCUT2D eigenvalue weighted by atomic mass is 10.0. The van der Waals surface area contributed by atoms with Gasteiger partial charge in [0.25, 0.3) is 0 Å². The second-order valence-corrected chi connectivity index (χ2v) is 3.47. The molecule has 0 heterocycles. The lowest BCUT2D eigenvalue weighted by molar-refractivity contribution is 0.420. The minimum absolute atomic E-state index is 0.636. The predicted molar refractivity (Wildman–Crippen MR) is 64.0 cm³/mol. The molecule has 0 atom stereocenters. The molecule has 16 heavy (non-hydrogen) atoms. The number of nitrogens with zero attached hydrogens (tertiary/aromatic N) is 3. The molecule has 2 aromatic rings. The number of ether oxygens (including phenoxy) is 1. The molecule has 0 N–H and O–H groups in total. The van der Waals surface area contributed by atoms with Gasteiger partial charge in [-0.05, 0) is 29.5 Å². The van der Waals surface area contributed by atoms with E-state index in [1.165, 1.54) is 0 Å². The van der Waals surface area contributed by atoms with Gasteiger partial charge in [-0.25, -0.2) is 0 Å². The smallest absolute Gasteiger partial charge is 0.126 e. The molecule has 0 aliphatic heterocycles. The van der Waals surface area contributed by atoms with Gasteiger partial charge in [0, 0.05) is 16.0 Å². The monoisotopic (exact) mass is 213 g/mol. The summed E-state index contributed by atoms with van der Waals surface area (Å²) in [6.45, 7) is 1.98. The number of methoxy groups -OCH3 is 1. The summed E-state index contributed by atoms with van der Waals surface area (Å²) >= 11 is 0. The zero-order valence-electron chi connectivity index (χ0n) is 9.14. The molecule has 0 bridgehead atoms. The quantitative estimate of drug-likeness (QED) is 0.421. The van der Waals surface area contributed by atoms with Gasteiger partial charge in [0.1, 0.15) is 5.75 Å². The minimum Gasteiger partial charge on any atom is -0.496 e. The normalized spacial score (nSPS) is 9.88. The van der Waals surface area contributed by atoms with Crippen LogP contribution in [0.5, 0.6) is 5.75 Å². The summed E-state index contributed by atoms with van der Waals surface area (Å²) in [5, 5.41) is 5.61. The topological polar surface area (TPSA) is 58.0 Å². The number of rotatable bonds is 2. The molecule has 2 aromatic carbocycles. The summed E-state index contributed by atoms with van der Waals surface area (Å²) in [5.74, 6) is 0.788. The highest BCUT2D eigenvalue weighted by Gasteiger charge is 2.06. The van der Waals surface area contributed by atoms with Crippen molar-refractivity contribution in [1.82, 2.24) is 0 Å². The van der Waals surface area contributed by atoms with Crippen LogP contribution in [0.1, 0.15) is 5.56 Å². The van der Waals surface area contributed by atoms with Crippen LogP contribution in [0.2, 0.25) is 0 Å². The van der Waals surface area contributed by atoms with Crippen molar-refractivity contribution in [1.29, 1.82) is 0 Å². The molecule has 0 aliphatic carbocycles. The van der Waals surface area contributed by atoms with Crippen molar-refractivity contribution in [2.24, 2.45) is 5.11 Å². The Hall–Kier alpha value is -2.19. The molecule has 2 rings (SSSR count). The fourth-order valence-electron chi connectivity index (χ4n) is 1.84. The zero-order chi connectivity index (χ0) is 11.5. The third-order valence-electron chi connectivity index (χ3n) is 2.56. The molecule has 4 heteroatoms. The average Bonchev–Trinajstić information content (AvgIpc) is 2.30. The number of hydrogen-bond donors (Lipinski definition) is 0. The van der Waals surface area contributed by atoms with Crippen molar-refractivity contribution < 1.29 is 4.74 Å². The van der Waals surface area contributed by atoms with Crippen molar-refractivity contribution in [2.45, 2.75) is 6.92 Å². The summed E-state index contributed by atoms with van der Waals surface area (Å²) < 4.78 is 5.28. The molecule has 0 saturated heterocycles. The molecular formula is C12H11N3O. The molecule has 0 saturated carbocycles. The maximum Gasteiger partial charge on any atom is 0.126 e. The first kappa shape index (κ1) is 10.3. The Kier molecular flexibility index (Phi) is 2.66. The number of benzene rings is 2. The van der Waals surface area contributed by atoms with Gasteiger partial charge in [0.15, 0.2) is 0 Å². The number of hydrogen-bond acceptors (Lipinski definition) is 2. The lowest BCUT2D eigenvalue weighted by Gasteiger charge is -2.09. The van der Waals surface area contributed by atoms with E-state index in [9.17, 15) is 0 Å². The van der Waals surface area contributed by atoms with Crippen LogP contribution < -0.4 is 4.74 Å². The molecule has 0 aromatic heterocycles. The van der Waals surface area contributed by atoms with E-state index in [1.54, 1.807) is 13.2 Å². The molecule has 0 unspecified atom stereocenters. The second-order valence-electron chi connectivity index (χ2n) is 3.47. The first-order valence-corrected chi connectivity index (χ1v) is 4.89. The van der Waals surface area contributed by atoms with Crippen LogP contribution in [0.4, 0.5) is 5.69 Å². The summed E-state index contributed by atoms with van der Waals surface area (Å²) in [7, 11) is 1.63. The van der Waals surface area contributed by atoms with Gasteiger partial charge in [-0.15, -0.1) is 0 Å². The Bertz CT molecular complexity index is 586. The van der Waals surface area contributed by atoms with Gasteiger partial charge in [-0.1, -0.05) is 29.4 Å². The maximum absolute atomic E-state index is 8.52. The van der Waals surface area contributed by atoms with E-state index < -0.39 is 0 Å². The third-order valence-corrected chi connectivity index (χ3v) is 2.56.